The molecule has 116 valence electrons. The predicted octanol–water partition coefficient (Wildman–Crippen LogP) is 0.259. The first-order valence-corrected chi connectivity index (χ1v) is 6.58. The molecule has 0 heterocycles. The fourth-order valence-electron chi connectivity index (χ4n) is 1.44. The highest BCUT2D eigenvalue weighted by Crippen LogP contribution is 1.99. The second-order valence-corrected chi connectivity index (χ2v) is 4.26. The van der Waals surface area contributed by atoms with Crippen LogP contribution in [0.2, 0.25) is 0 Å². The van der Waals surface area contributed by atoms with E-state index in [1.165, 1.54) is 0 Å². The number of likely N-dealkylation sites (N-methyl/N-ethyl adjacent to an activating group) is 1. The van der Waals surface area contributed by atoms with Crippen LogP contribution in [0.1, 0.15) is 0 Å². The number of rotatable bonds is 14. The van der Waals surface area contributed by atoms with Crippen LogP contribution in [0, 0.1) is 0 Å². The first-order chi connectivity index (χ1) is 9.26. The molecule has 0 amide bonds. The van der Waals surface area contributed by atoms with Crippen LogP contribution in [0.5, 0.6) is 0 Å². The van der Waals surface area contributed by atoms with E-state index in [0.717, 1.165) is 6.54 Å². The third-order valence-corrected chi connectivity index (χ3v) is 2.76. The quantitative estimate of drug-likeness (QED) is 0.425. The zero-order valence-electron chi connectivity index (χ0n) is 12.7. The Morgan fingerprint density at radius 2 is 1.21 bits per heavy atom. The lowest BCUT2D eigenvalue weighted by molar-refractivity contribution is -0.0140. The maximum absolute atomic E-state index is 5.58. The van der Waals surface area contributed by atoms with E-state index in [2.05, 4.69) is 4.90 Å². The molecule has 0 aromatic heterocycles. The average molecular weight is 279 g/mol. The van der Waals surface area contributed by atoms with Crippen LogP contribution in [0.15, 0.2) is 0 Å². The van der Waals surface area contributed by atoms with E-state index in [1.54, 1.807) is 21.3 Å². The summed E-state index contributed by atoms with van der Waals surface area (Å²) in [5.41, 5.74) is 0. The van der Waals surface area contributed by atoms with Gasteiger partial charge >= 0.3 is 0 Å². The maximum atomic E-state index is 5.58. The predicted molar refractivity (Wildman–Crippen MR) is 73.7 cm³/mol. The molecule has 19 heavy (non-hydrogen) atoms. The normalized spacial score (nSPS) is 11.7. The molecule has 0 bridgehead atoms. The van der Waals surface area contributed by atoms with Crippen LogP contribution in [0.3, 0.4) is 0 Å². The highest BCUT2D eigenvalue weighted by Gasteiger charge is 2.15. The highest BCUT2D eigenvalue weighted by molar-refractivity contribution is 4.68. The first-order valence-electron chi connectivity index (χ1n) is 6.58. The molecule has 0 spiro atoms. The zero-order valence-corrected chi connectivity index (χ0v) is 12.7. The van der Waals surface area contributed by atoms with Crippen LogP contribution in [-0.2, 0) is 23.7 Å². The molecule has 6 nitrogen and oxygen atoms in total. The standard InChI is InChI=1S/C13H29NO5/c1-14(5-6-15-2)13(11-18-9-7-16-3)12-19-10-8-17-4/h13H,5-12H2,1-4H3. The molecule has 0 N–H and O–H groups in total. The van der Waals surface area contributed by atoms with Crippen LogP contribution in [0.25, 0.3) is 0 Å². The van der Waals surface area contributed by atoms with Crippen molar-refractivity contribution >= 4 is 0 Å². The Kier molecular flexibility index (Phi) is 14.0. The van der Waals surface area contributed by atoms with Gasteiger partial charge in [0.25, 0.3) is 0 Å². The summed E-state index contributed by atoms with van der Waals surface area (Å²) in [5, 5.41) is 0. The van der Waals surface area contributed by atoms with Gasteiger partial charge < -0.3 is 23.7 Å². The zero-order chi connectivity index (χ0) is 14.3. The van der Waals surface area contributed by atoms with Gasteiger partial charge in [-0.05, 0) is 7.05 Å². The topological polar surface area (TPSA) is 49.4 Å². The summed E-state index contributed by atoms with van der Waals surface area (Å²) in [6, 6.07) is 0.212. The fraction of sp³-hybridized carbons (Fsp3) is 1.00. The Bertz CT molecular complexity index is 170. The summed E-state index contributed by atoms with van der Waals surface area (Å²) in [7, 11) is 7.08. The van der Waals surface area contributed by atoms with Crippen molar-refractivity contribution in [1.82, 2.24) is 4.90 Å². The van der Waals surface area contributed by atoms with Crippen molar-refractivity contribution < 1.29 is 23.7 Å². The van der Waals surface area contributed by atoms with E-state index in [1.807, 2.05) is 7.05 Å². The molecule has 0 unspecified atom stereocenters. The van der Waals surface area contributed by atoms with Crippen LogP contribution >= 0.6 is 0 Å². The van der Waals surface area contributed by atoms with E-state index >= 15 is 0 Å². The van der Waals surface area contributed by atoms with Crippen LogP contribution in [0.4, 0.5) is 0 Å². The molecule has 0 saturated heterocycles. The number of methoxy groups -OCH3 is 3. The molecule has 0 saturated carbocycles. The van der Waals surface area contributed by atoms with Crippen molar-refractivity contribution in [3.8, 4) is 0 Å². The SMILES string of the molecule is COCCOCC(COCCOC)N(C)CCOC. The van der Waals surface area contributed by atoms with Gasteiger partial charge in [-0.2, -0.15) is 0 Å². The summed E-state index contributed by atoms with van der Waals surface area (Å²) in [4.78, 5) is 2.18. The van der Waals surface area contributed by atoms with E-state index in [0.29, 0.717) is 46.2 Å². The second kappa shape index (κ2) is 14.2. The second-order valence-electron chi connectivity index (χ2n) is 4.26. The molecule has 0 aliphatic carbocycles. The average Bonchev–Trinajstić information content (AvgIpc) is 2.43. The Hall–Kier alpha value is -0.240. The van der Waals surface area contributed by atoms with Gasteiger partial charge in [0.15, 0.2) is 0 Å². The molecule has 0 radical (unpaired) electrons. The lowest BCUT2D eigenvalue weighted by Crippen LogP contribution is -2.41. The van der Waals surface area contributed by atoms with Gasteiger partial charge in [-0.25, -0.2) is 0 Å². The van der Waals surface area contributed by atoms with Crippen molar-refractivity contribution in [3.05, 3.63) is 0 Å². The van der Waals surface area contributed by atoms with E-state index in [-0.39, 0.29) is 6.04 Å². The summed E-state index contributed by atoms with van der Waals surface area (Å²) >= 11 is 0. The summed E-state index contributed by atoms with van der Waals surface area (Å²) in [5.74, 6) is 0. The number of nitrogens with zero attached hydrogens (tertiary/aromatic N) is 1. The molecular formula is C13H29NO5. The van der Waals surface area contributed by atoms with Gasteiger partial charge in [0.05, 0.1) is 52.3 Å². The van der Waals surface area contributed by atoms with Gasteiger partial charge in [0.1, 0.15) is 0 Å². The van der Waals surface area contributed by atoms with Crippen molar-refractivity contribution in [2.75, 3.05) is 81.2 Å². The Morgan fingerprint density at radius 3 is 1.63 bits per heavy atom. The number of ether oxygens (including phenoxy) is 5. The molecule has 0 rings (SSSR count). The van der Waals surface area contributed by atoms with Crippen molar-refractivity contribution in [3.63, 3.8) is 0 Å². The van der Waals surface area contributed by atoms with E-state index in [4.69, 9.17) is 23.7 Å². The van der Waals surface area contributed by atoms with Gasteiger partial charge in [-0.15, -0.1) is 0 Å². The van der Waals surface area contributed by atoms with Crippen molar-refractivity contribution in [1.29, 1.82) is 0 Å². The van der Waals surface area contributed by atoms with Crippen molar-refractivity contribution in [2.24, 2.45) is 0 Å². The Morgan fingerprint density at radius 1 is 0.737 bits per heavy atom. The third-order valence-electron chi connectivity index (χ3n) is 2.76. The minimum Gasteiger partial charge on any atom is -0.383 e. The smallest absolute Gasteiger partial charge is 0.0701 e. The molecule has 0 aliphatic rings. The highest BCUT2D eigenvalue weighted by atomic mass is 16.5. The minimum absolute atomic E-state index is 0.212. The number of hydrogen-bond donors (Lipinski definition) is 0. The fourth-order valence-corrected chi connectivity index (χ4v) is 1.44. The minimum atomic E-state index is 0.212. The molecule has 0 aliphatic heterocycles. The Balaban J connectivity index is 3.91. The molecule has 6 heteroatoms. The summed E-state index contributed by atoms with van der Waals surface area (Å²) < 4.78 is 26.1. The van der Waals surface area contributed by atoms with Crippen LogP contribution < -0.4 is 0 Å². The van der Waals surface area contributed by atoms with Crippen molar-refractivity contribution in [2.45, 2.75) is 6.04 Å². The molecule has 0 atom stereocenters. The van der Waals surface area contributed by atoms with Gasteiger partial charge in [0, 0.05) is 27.9 Å². The molecule has 0 aromatic rings. The van der Waals surface area contributed by atoms with Gasteiger partial charge in [-0.1, -0.05) is 0 Å². The van der Waals surface area contributed by atoms with Gasteiger partial charge in [-0.3, -0.25) is 4.90 Å². The lowest BCUT2D eigenvalue weighted by atomic mass is 10.3. The first kappa shape index (κ1) is 18.8. The van der Waals surface area contributed by atoms with Gasteiger partial charge in [0.2, 0.25) is 0 Å². The molecule has 0 aromatic carbocycles. The monoisotopic (exact) mass is 279 g/mol. The largest absolute Gasteiger partial charge is 0.383 e. The summed E-state index contributed by atoms with van der Waals surface area (Å²) in [6.45, 7) is 5.21. The Labute approximate surface area is 116 Å². The third kappa shape index (κ3) is 11.3. The maximum Gasteiger partial charge on any atom is 0.0701 e. The van der Waals surface area contributed by atoms with E-state index < -0.39 is 0 Å². The molecule has 0 fully saturated rings. The molecular weight excluding hydrogens is 250 g/mol. The lowest BCUT2D eigenvalue weighted by Gasteiger charge is -2.27. The van der Waals surface area contributed by atoms with E-state index in [9.17, 15) is 0 Å². The number of hydrogen-bond acceptors (Lipinski definition) is 6. The van der Waals surface area contributed by atoms with Crippen LogP contribution in [-0.4, -0.2) is 92.1 Å². The summed E-state index contributed by atoms with van der Waals surface area (Å²) in [6.07, 6.45) is 0.